The van der Waals surface area contributed by atoms with Crippen LogP contribution in [0.15, 0.2) is 42.5 Å². The van der Waals surface area contributed by atoms with Gasteiger partial charge in [-0.05, 0) is 24.0 Å². The van der Waals surface area contributed by atoms with Crippen LogP contribution in [0, 0.1) is 5.92 Å². The number of ether oxygens (including phenoxy) is 3. The van der Waals surface area contributed by atoms with E-state index in [2.05, 4.69) is 0 Å². The highest BCUT2D eigenvalue weighted by Gasteiger charge is 2.27. The van der Waals surface area contributed by atoms with E-state index in [1.807, 2.05) is 42.5 Å². The van der Waals surface area contributed by atoms with E-state index in [0.717, 1.165) is 29.2 Å². The van der Waals surface area contributed by atoms with Gasteiger partial charge in [-0.25, -0.2) is 0 Å². The molecule has 0 radical (unpaired) electrons. The zero-order valence-corrected chi connectivity index (χ0v) is 15.6. The smallest absolute Gasteiger partial charge is 0.164 e. The van der Waals surface area contributed by atoms with E-state index < -0.39 is 0 Å². The molecule has 0 unspecified atom stereocenters. The third kappa shape index (κ3) is 5.03. The number of hydrogen-bond donors (Lipinski definition) is 1. The summed E-state index contributed by atoms with van der Waals surface area (Å²) in [4.78, 5) is 0. The SMILES string of the molecule is COc1cc(OCc2ccccc2)c([C@@H](N)CC2CC2)cc1OC.Cl. The summed E-state index contributed by atoms with van der Waals surface area (Å²) in [5, 5.41) is 0. The molecule has 2 aromatic carbocycles. The van der Waals surface area contributed by atoms with Crippen LogP contribution in [0.5, 0.6) is 17.2 Å². The molecule has 1 saturated carbocycles. The van der Waals surface area contributed by atoms with Crippen molar-refractivity contribution in [1.82, 2.24) is 0 Å². The first-order valence-corrected chi connectivity index (χ1v) is 8.39. The van der Waals surface area contributed by atoms with Crippen molar-refractivity contribution < 1.29 is 14.2 Å². The zero-order valence-electron chi connectivity index (χ0n) is 14.7. The highest BCUT2D eigenvalue weighted by atomic mass is 35.5. The second-order valence-electron chi connectivity index (χ2n) is 6.30. The Bertz CT molecular complexity index is 674. The van der Waals surface area contributed by atoms with Gasteiger partial charge in [-0.1, -0.05) is 43.2 Å². The first-order chi connectivity index (χ1) is 11.7. The second-order valence-corrected chi connectivity index (χ2v) is 6.30. The minimum absolute atomic E-state index is 0. The van der Waals surface area contributed by atoms with Crippen molar-refractivity contribution in [3.05, 3.63) is 53.6 Å². The first-order valence-electron chi connectivity index (χ1n) is 8.39. The van der Waals surface area contributed by atoms with E-state index in [0.29, 0.717) is 18.1 Å². The normalized spacial score (nSPS) is 14.4. The van der Waals surface area contributed by atoms with Crippen molar-refractivity contribution in [3.63, 3.8) is 0 Å². The number of nitrogens with two attached hydrogens (primary N) is 1. The van der Waals surface area contributed by atoms with Gasteiger partial charge in [-0.3, -0.25) is 0 Å². The third-order valence-corrected chi connectivity index (χ3v) is 4.44. The van der Waals surface area contributed by atoms with Crippen molar-refractivity contribution in [2.75, 3.05) is 14.2 Å². The molecule has 1 aliphatic carbocycles. The number of rotatable bonds is 8. The average Bonchev–Trinajstić information content (AvgIpc) is 3.43. The van der Waals surface area contributed by atoms with Crippen molar-refractivity contribution in [2.24, 2.45) is 11.7 Å². The predicted molar refractivity (Wildman–Crippen MR) is 102 cm³/mol. The average molecular weight is 364 g/mol. The standard InChI is InChI=1S/C20H25NO3.ClH/c1-22-19-11-16(17(21)10-14-8-9-14)18(12-20(19)23-2)24-13-15-6-4-3-5-7-15;/h3-7,11-12,14,17H,8-10,13,21H2,1-2H3;1H/t17-;/m0./s1. The van der Waals surface area contributed by atoms with Crippen LogP contribution in [0.25, 0.3) is 0 Å². The summed E-state index contributed by atoms with van der Waals surface area (Å²) >= 11 is 0. The molecule has 0 aromatic heterocycles. The van der Waals surface area contributed by atoms with Crippen LogP contribution in [0.2, 0.25) is 0 Å². The Morgan fingerprint density at radius 1 is 1.00 bits per heavy atom. The summed E-state index contributed by atoms with van der Waals surface area (Å²) in [6, 6.07) is 13.9. The maximum absolute atomic E-state index is 6.44. The maximum atomic E-state index is 6.44. The van der Waals surface area contributed by atoms with Crippen molar-refractivity contribution in [2.45, 2.75) is 31.9 Å². The Labute approximate surface area is 155 Å². The summed E-state index contributed by atoms with van der Waals surface area (Å²) in [7, 11) is 3.27. The largest absolute Gasteiger partial charge is 0.493 e. The van der Waals surface area contributed by atoms with Crippen LogP contribution < -0.4 is 19.9 Å². The van der Waals surface area contributed by atoms with Gasteiger partial charge in [-0.2, -0.15) is 0 Å². The van der Waals surface area contributed by atoms with Crippen LogP contribution >= 0.6 is 12.4 Å². The molecule has 25 heavy (non-hydrogen) atoms. The topological polar surface area (TPSA) is 53.7 Å². The van der Waals surface area contributed by atoms with Crippen LogP contribution in [0.1, 0.15) is 36.4 Å². The van der Waals surface area contributed by atoms with Crippen molar-refractivity contribution in [1.29, 1.82) is 0 Å². The number of methoxy groups -OCH3 is 2. The Balaban J connectivity index is 0.00000225. The van der Waals surface area contributed by atoms with Gasteiger partial charge >= 0.3 is 0 Å². The molecule has 0 spiro atoms. The highest BCUT2D eigenvalue weighted by Crippen LogP contribution is 2.42. The quantitative estimate of drug-likeness (QED) is 0.750. The molecule has 1 atom stereocenters. The molecule has 0 bridgehead atoms. The van der Waals surface area contributed by atoms with Crippen molar-refractivity contribution >= 4 is 12.4 Å². The first kappa shape index (κ1) is 19.4. The van der Waals surface area contributed by atoms with E-state index in [1.54, 1.807) is 14.2 Å². The lowest BCUT2D eigenvalue weighted by Gasteiger charge is -2.20. The Morgan fingerprint density at radius 3 is 2.24 bits per heavy atom. The molecule has 4 nitrogen and oxygen atoms in total. The Morgan fingerprint density at radius 2 is 1.64 bits per heavy atom. The summed E-state index contributed by atoms with van der Waals surface area (Å²) in [6.45, 7) is 0.499. The van der Waals surface area contributed by atoms with E-state index in [1.165, 1.54) is 12.8 Å². The van der Waals surface area contributed by atoms with Gasteiger partial charge in [0.2, 0.25) is 0 Å². The molecule has 5 heteroatoms. The Hall–Kier alpha value is -1.91. The van der Waals surface area contributed by atoms with Crippen LogP contribution in [-0.2, 0) is 6.61 Å². The maximum Gasteiger partial charge on any atom is 0.164 e. The Kier molecular flexibility index (Phi) is 6.97. The van der Waals surface area contributed by atoms with E-state index in [-0.39, 0.29) is 18.4 Å². The van der Waals surface area contributed by atoms with Gasteiger partial charge in [0.1, 0.15) is 12.4 Å². The molecular weight excluding hydrogens is 338 g/mol. The minimum Gasteiger partial charge on any atom is -0.493 e. The summed E-state index contributed by atoms with van der Waals surface area (Å²) < 4.78 is 16.9. The number of benzene rings is 2. The molecule has 2 N–H and O–H groups in total. The number of hydrogen-bond acceptors (Lipinski definition) is 4. The lowest BCUT2D eigenvalue weighted by atomic mass is 10.00. The third-order valence-electron chi connectivity index (χ3n) is 4.44. The lowest BCUT2D eigenvalue weighted by Crippen LogP contribution is -2.13. The van der Waals surface area contributed by atoms with Gasteiger partial charge in [-0.15, -0.1) is 12.4 Å². The molecule has 3 rings (SSSR count). The van der Waals surface area contributed by atoms with Gasteiger partial charge in [0, 0.05) is 17.7 Å². The van der Waals surface area contributed by atoms with E-state index in [9.17, 15) is 0 Å². The predicted octanol–water partition coefficient (Wildman–Crippen LogP) is 4.50. The molecule has 136 valence electrons. The molecule has 0 saturated heterocycles. The van der Waals surface area contributed by atoms with Gasteiger partial charge < -0.3 is 19.9 Å². The number of halogens is 1. The zero-order chi connectivity index (χ0) is 16.9. The van der Waals surface area contributed by atoms with Gasteiger partial charge in [0.25, 0.3) is 0 Å². The summed E-state index contributed by atoms with van der Waals surface area (Å²) in [5.41, 5.74) is 8.55. The molecular formula is C20H26ClNO3. The van der Waals surface area contributed by atoms with Gasteiger partial charge in [0.15, 0.2) is 11.5 Å². The molecule has 0 heterocycles. The second kappa shape index (κ2) is 8.97. The minimum atomic E-state index is -0.0527. The molecule has 0 amide bonds. The summed E-state index contributed by atoms with van der Waals surface area (Å²) in [6.07, 6.45) is 3.54. The molecule has 1 aliphatic rings. The van der Waals surface area contributed by atoms with E-state index in [4.69, 9.17) is 19.9 Å². The molecule has 1 fully saturated rings. The lowest BCUT2D eigenvalue weighted by molar-refractivity contribution is 0.294. The van der Waals surface area contributed by atoms with Gasteiger partial charge in [0.05, 0.1) is 14.2 Å². The fourth-order valence-electron chi connectivity index (χ4n) is 2.87. The fraction of sp³-hybridized carbons (Fsp3) is 0.400. The highest BCUT2D eigenvalue weighted by molar-refractivity contribution is 5.85. The van der Waals surface area contributed by atoms with E-state index >= 15 is 0 Å². The van der Waals surface area contributed by atoms with Crippen LogP contribution in [0.3, 0.4) is 0 Å². The fourth-order valence-corrected chi connectivity index (χ4v) is 2.87. The molecule has 0 aliphatic heterocycles. The monoisotopic (exact) mass is 363 g/mol. The van der Waals surface area contributed by atoms with Crippen LogP contribution in [-0.4, -0.2) is 14.2 Å². The summed E-state index contributed by atoms with van der Waals surface area (Å²) in [5.74, 6) is 2.86. The van der Waals surface area contributed by atoms with Crippen molar-refractivity contribution in [3.8, 4) is 17.2 Å². The van der Waals surface area contributed by atoms with Crippen LogP contribution in [0.4, 0.5) is 0 Å². The molecule has 2 aromatic rings.